The van der Waals surface area contributed by atoms with E-state index in [1.165, 1.54) is 0 Å². The van der Waals surface area contributed by atoms with Crippen LogP contribution in [0.3, 0.4) is 0 Å². The predicted molar refractivity (Wildman–Crippen MR) is 93.1 cm³/mol. The van der Waals surface area contributed by atoms with Gasteiger partial charge >= 0.3 is 5.69 Å². The monoisotopic (exact) mass is 377 g/mol. The largest absolute Gasteiger partial charge is 0.353 e. The van der Waals surface area contributed by atoms with Crippen LogP contribution >= 0.6 is 11.6 Å². The molecular formula is C16H10ClF2N5O2. The molecule has 0 aliphatic rings. The molecule has 0 fully saturated rings. The van der Waals surface area contributed by atoms with Gasteiger partial charge in [0.1, 0.15) is 18.0 Å². The molecule has 0 aliphatic carbocycles. The second-order valence-corrected chi connectivity index (χ2v) is 5.50. The van der Waals surface area contributed by atoms with Crippen molar-refractivity contribution >= 4 is 40.3 Å². The molecule has 26 heavy (non-hydrogen) atoms. The lowest BCUT2D eigenvalue weighted by atomic mass is 10.3. The smallest absolute Gasteiger partial charge is 0.334 e. The molecule has 0 amide bonds. The summed E-state index contributed by atoms with van der Waals surface area (Å²) in [6.07, 6.45) is 1.05. The van der Waals surface area contributed by atoms with Gasteiger partial charge in [0.25, 0.3) is 0 Å². The maximum Gasteiger partial charge on any atom is 0.353 e. The molecule has 0 atom stereocenters. The summed E-state index contributed by atoms with van der Waals surface area (Å²) < 4.78 is 27.1. The van der Waals surface area contributed by atoms with Gasteiger partial charge in [0.15, 0.2) is 0 Å². The minimum absolute atomic E-state index is 0.133. The molecule has 1 heterocycles. The van der Waals surface area contributed by atoms with Crippen molar-refractivity contribution in [1.29, 1.82) is 0 Å². The number of halogens is 3. The topological polar surface area (TPSA) is 93.0 Å². The summed E-state index contributed by atoms with van der Waals surface area (Å²) in [7, 11) is 0. The summed E-state index contributed by atoms with van der Waals surface area (Å²) in [6, 6.07) is 9.17. The first kappa shape index (κ1) is 17.5. The zero-order chi connectivity index (χ0) is 18.7. The number of hydrogen-bond donors (Lipinski definition) is 2. The van der Waals surface area contributed by atoms with Gasteiger partial charge in [-0.2, -0.15) is 0 Å². The number of nitro groups is 1. The van der Waals surface area contributed by atoms with Crippen molar-refractivity contribution in [3.8, 4) is 0 Å². The van der Waals surface area contributed by atoms with Crippen molar-refractivity contribution in [2.45, 2.75) is 0 Å². The molecule has 132 valence electrons. The van der Waals surface area contributed by atoms with Gasteiger partial charge in [-0.05, 0) is 30.3 Å². The molecule has 3 aromatic rings. The van der Waals surface area contributed by atoms with E-state index in [0.717, 1.165) is 24.5 Å². The Morgan fingerprint density at radius 1 is 1.04 bits per heavy atom. The van der Waals surface area contributed by atoms with Crippen molar-refractivity contribution in [2.24, 2.45) is 0 Å². The second kappa shape index (κ2) is 7.28. The maximum absolute atomic E-state index is 13.8. The molecule has 10 heteroatoms. The van der Waals surface area contributed by atoms with E-state index in [1.807, 2.05) is 0 Å². The van der Waals surface area contributed by atoms with E-state index in [0.29, 0.717) is 10.7 Å². The minimum atomic E-state index is -0.788. The van der Waals surface area contributed by atoms with Crippen molar-refractivity contribution in [2.75, 3.05) is 10.6 Å². The predicted octanol–water partition coefficient (Wildman–Crippen LogP) is 4.80. The zero-order valence-corrected chi connectivity index (χ0v) is 13.7. The van der Waals surface area contributed by atoms with Crippen LogP contribution in [-0.4, -0.2) is 14.9 Å². The summed E-state index contributed by atoms with van der Waals surface area (Å²) >= 11 is 5.89. The molecule has 0 unspecified atom stereocenters. The summed E-state index contributed by atoms with van der Waals surface area (Å²) in [6.45, 7) is 0. The Kier molecular flexibility index (Phi) is 4.90. The molecule has 0 aliphatic heterocycles. The standard InChI is InChI=1S/C16H10ClF2N5O2/c17-9-2-1-3-11(6-9)22-15-14(24(25)26)16(21-8-20-15)23-13-7-10(18)4-5-12(13)19/h1-8H,(H2,20,21,22,23). The third-order valence-corrected chi connectivity index (χ3v) is 3.51. The third-order valence-electron chi connectivity index (χ3n) is 3.27. The van der Waals surface area contributed by atoms with Crippen LogP contribution in [0.4, 0.5) is 37.5 Å². The van der Waals surface area contributed by atoms with Gasteiger partial charge in [-0.15, -0.1) is 0 Å². The van der Waals surface area contributed by atoms with Crippen LogP contribution < -0.4 is 10.6 Å². The average molecular weight is 378 g/mol. The number of anilines is 4. The Labute approximate surface area is 150 Å². The molecule has 0 radical (unpaired) electrons. The van der Waals surface area contributed by atoms with E-state index in [9.17, 15) is 18.9 Å². The second-order valence-electron chi connectivity index (χ2n) is 5.06. The van der Waals surface area contributed by atoms with Crippen molar-refractivity contribution in [1.82, 2.24) is 9.97 Å². The lowest BCUT2D eigenvalue weighted by molar-refractivity contribution is -0.383. The Hall–Kier alpha value is -3.33. The first-order valence-corrected chi connectivity index (χ1v) is 7.56. The number of hydrogen-bond acceptors (Lipinski definition) is 6. The van der Waals surface area contributed by atoms with Crippen LogP contribution in [0.5, 0.6) is 0 Å². The Morgan fingerprint density at radius 2 is 1.77 bits per heavy atom. The number of aromatic nitrogens is 2. The van der Waals surface area contributed by atoms with Crippen LogP contribution in [0, 0.1) is 21.7 Å². The molecule has 3 rings (SSSR count). The molecule has 2 N–H and O–H groups in total. The molecule has 0 bridgehead atoms. The lowest BCUT2D eigenvalue weighted by Gasteiger charge is -2.11. The molecule has 2 aromatic carbocycles. The first-order valence-electron chi connectivity index (χ1n) is 7.18. The van der Waals surface area contributed by atoms with Gasteiger partial charge in [0.2, 0.25) is 11.6 Å². The minimum Gasteiger partial charge on any atom is -0.334 e. The van der Waals surface area contributed by atoms with Crippen LogP contribution in [0.1, 0.15) is 0 Å². The van der Waals surface area contributed by atoms with E-state index in [2.05, 4.69) is 20.6 Å². The van der Waals surface area contributed by atoms with Gasteiger partial charge in [0, 0.05) is 16.8 Å². The fraction of sp³-hybridized carbons (Fsp3) is 0. The van der Waals surface area contributed by atoms with Crippen LogP contribution in [0.25, 0.3) is 0 Å². The molecular weight excluding hydrogens is 368 g/mol. The van der Waals surface area contributed by atoms with E-state index >= 15 is 0 Å². The average Bonchev–Trinajstić information content (AvgIpc) is 2.58. The molecule has 0 saturated carbocycles. The molecule has 0 saturated heterocycles. The highest BCUT2D eigenvalue weighted by molar-refractivity contribution is 6.30. The summed E-state index contributed by atoms with van der Waals surface area (Å²) in [5.41, 5.74) is -0.362. The van der Waals surface area contributed by atoms with E-state index in [1.54, 1.807) is 24.3 Å². The number of benzene rings is 2. The number of rotatable bonds is 5. The normalized spacial score (nSPS) is 10.4. The number of nitrogens with one attached hydrogen (secondary N) is 2. The zero-order valence-electron chi connectivity index (χ0n) is 12.9. The van der Waals surface area contributed by atoms with Gasteiger partial charge in [-0.25, -0.2) is 18.7 Å². The number of nitrogens with zero attached hydrogens (tertiary/aromatic N) is 3. The molecule has 7 nitrogen and oxygen atoms in total. The molecule has 1 aromatic heterocycles. The Bertz CT molecular complexity index is 987. The van der Waals surface area contributed by atoms with E-state index in [-0.39, 0.29) is 17.3 Å². The van der Waals surface area contributed by atoms with Gasteiger partial charge in [0.05, 0.1) is 10.6 Å². The van der Waals surface area contributed by atoms with Crippen LogP contribution in [-0.2, 0) is 0 Å². The summed E-state index contributed by atoms with van der Waals surface area (Å²) in [4.78, 5) is 18.4. The van der Waals surface area contributed by atoms with Crippen LogP contribution in [0.2, 0.25) is 5.02 Å². The fourth-order valence-corrected chi connectivity index (χ4v) is 2.35. The molecule has 0 spiro atoms. The van der Waals surface area contributed by atoms with E-state index < -0.39 is 22.2 Å². The van der Waals surface area contributed by atoms with Crippen molar-refractivity contribution < 1.29 is 13.7 Å². The highest BCUT2D eigenvalue weighted by atomic mass is 35.5. The highest BCUT2D eigenvalue weighted by Gasteiger charge is 2.24. The van der Waals surface area contributed by atoms with Gasteiger partial charge < -0.3 is 10.6 Å². The SMILES string of the molecule is O=[N+]([O-])c1c(Nc2cccc(Cl)c2)ncnc1Nc1cc(F)ccc1F. The Balaban J connectivity index is 2.01. The highest BCUT2D eigenvalue weighted by Crippen LogP contribution is 2.34. The van der Waals surface area contributed by atoms with Crippen LogP contribution in [0.15, 0.2) is 48.8 Å². The lowest BCUT2D eigenvalue weighted by Crippen LogP contribution is -2.06. The van der Waals surface area contributed by atoms with Gasteiger partial charge in [-0.1, -0.05) is 17.7 Å². The summed E-state index contributed by atoms with van der Waals surface area (Å²) in [5, 5.41) is 17.1. The fourth-order valence-electron chi connectivity index (χ4n) is 2.16. The van der Waals surface area contributed by atoms with Crippen molar-refractivity contribution in [3.63, 3.8) is 0 Å². The van der Waals surface area contributed by atoms with Crippen molar-refractivity contribution in [3.05, 3.63) is 75.6 Å². The van der Waals surface area contributed by atoms with E-state index in [4.69, 9.17) is 11.6 Å². The maximum atomic E-state index is 13.8. The quantitative estimate of drug-likeness (QED) is 0.490. The Morgan fingerprint density at radius 3 is 2.46 bits per heavy atom. The first-order chi connectivity index (χ1) is 12.4. The van der Waals surface area contributed by atoms with Gasteiger partial charge in [-0.3, -0.25) is 10.1 Å². The third kappa shape index (κ3) is 3.83. The summed E-state index contributed by atoms with van der Waals surface area (Å²) in [5.74, 6) is -1.92.